The summed E-state index contributed by atoms with van der Waals surface area (Å²) in [5.41, 5.74) is 2.71. The summed E-state index contributed by atoms with van der Waals surface area (Å²) in [4.78, 5) is 4.76. The van der Waals surface area contributed by atoms with Gasteiger partial charge < -0.3 is 9.26 Å². The molecule has 3 rings (SSSR count). The van der Waals surface area contributed by atoms with Crippen LogP contribution in [-0.4, -0.2) is 39.1 Å². The number of thioether (sulfide) groups is 2. The molecule has 7 heteroatoms. The molecule has 1 atom stereocenters. The van der Waals surface area contributed by atoms with Crippen LogP contribution in [0.2, 0.25) is 0 Å². The first-order chi connectivity index (χ1) is 12.2. The second kappa shape index (κ2) is 8.78. The van der Waals surface area contributed by atoms with Crippen LogP contribution in [0.3, 0.4) is 0 Å². The largest absolute Gasteiger partial charge is 0.357 e. The molecule has 5 nitrogen and oxygen atoms in total. The van der Waals surface area contributed by atoms with Gasteiger partial charge in [-0.15, -0.1) is 0 Å². The maximum absolute atomic E-state index is 6.07. The van der Waals surface area contributed by atoms with E-state index in [0.717, 1.165) is 33.4 Å². The molecule has 0 bridgehead atoms. The van der Waals surface area contributed by atoms with Crippen molar-refractivity contribution in [3.63, 3.8) is 0 Å². The van der Waals surface area contributed by atoms with Crippen molar-refractivity contribution in [1.29, 1.82) is 0 Å². The Hall–Kier alpha value is -1.44. The summed E-state index contributed by atoms with van der Waals surface area (Å²) in [7, 11) is 0. The Bertz CT molecular complexity index is 816. The van der Waals surface area contributed by atoms with Crippen molar-refractivity contribution in [2.75, 3.05) is 24.4 Å². The van der Waals surface area contributed by atoms with E-state index < -0.39 is 0 Å². The Morgan fingerprint density at radius 3 is 2.88 bits per heavy atom. The zero-order chi connectivity index (χ0) is 17.6. The Balaban J connectivity index is 1.87. The van der Waals surface area contributed by atoms with Crippen LogP contribution in [0.25, 0.3) is 22.6 Å². The third-order valence-corrected chi connectivity index (χ3v) is 5.56. The lowest BCUT2D eigenvalue weighted by atomic mass is 10.3. The topological polar surface area (TPSA) is 53.1 Å². The quantitative estimate of drug-likeness (QED) is 0.382. The second-order valence-electron chi connectivity index (χ2n) is 5.61. The molecular formula is C18H23N3O2S2. The Labute approximate surface area is 156 Å². The van der Waals surface area contributed by atoms with E-state index in [-0.39, 0.29) is 6.23 Å². The average Bonchev–Trinajstić information content (AvgIpc) is 3.25. The lowest BCUT2D eigenvalue weighted by Gasteiger charge is -2.17. The molecule has 25 heavy (non-hydrogen) atoms. The van der Waals surface area contributed by atoms with Crippen LogP contribution < -0.4 is 0 Å². The number of hydrogen-bond donors (Lipinski definition) is 0. The molecule has 0 radical (unpaired) electrons. The van der Waals surface area contributed by atoms with Gasteiger partial charge in [0.15, 0.2) is 16.6 Å². The first-order valence-corrected chi connectivity index (χ1v) is 10.8. The van der Waals surface area contributed by atoms with E-state index in [1.54, 1.807) is 0 Å². The minimum Gasteiger partial charge on any atom is -0.357 e. The number of nitrogens with zero attached hydrogens (tertiary/aromatic N) is 3. The zero-order valence-electron chi connectivity index (χ0n) is 14.8. The Kier molecular flexibility index (Phi) is 6.45. The van der Waals surface area contributed by atoms with Gasteiger partial charge in [0, 0.05) is 11.8 Å². The van der Waals surface area contributed by atoms with Gasteiger partial charge in [0.05, 0.1) is 17.6 Å². The van der Waals surface area contributed by atoms with Crippen molar-refractivity contribution in [3.8, 4) is 11.5 Å². The van der Waals surface area contributed by atoms with Gasteiger partial charge in [-0.05, 0) is 37.5 Å². The summed E-state index contributed by atoms with van der Waals surface area (Å²) >= 11 is 3.45. The van der Waals surface area contributed by atoms with E-state index in [4.69, 9.17) is 14.2 Å². The van der Waals surface area contributed by atoms with Gasteiger partial charge in [-0.25, -0.2) is 4.98 Å². The highest BCUT2D eigenvalue weighted by molar-refractivity contribution is 7.99. The maximum atomic E-state index is 6.07. The van der Waals surface area contributed by atoms with Crippen molar-refractivity contribution in [2.45, 2.75) is 31.6 Å². The number of aromatic nitrogens is 3. The standard InChI is InChI=1S/C18H23N3O2S2/c1-4-10-25-11-9-22-13(2)21-16-8-6-5-7-14(16)19-18(21)15-12-17(24-3)23-20-15/h5-8,12-13H,4,9-11H2,1-3H3. The van der Waals surface area contributed by atoms with E-state index >= 15 is 0 Å². The molecule has 0 saturated carbocycles. The van der Waals surface area contributed by atoms with E-state index in [2.05, 4.69) is 29.6 Å². The minimum atomic E-state index is -0.126. The fourth-order valence-electron chi connectivity index (χ4n) is 2.65. The van der Waals surface area contributed by atoms with Gasteiger partial charge in [0.2, 0.25) is 0 Å². The van der Waals surface area contributed by atoms with Crippen molar-refractivity contribution in [3.05, 3.63) is 30.3 Å². The SMILES string of the molecule is CCCSCCOC(C)n1c(-c2cc(SC)on2)nc2ccccc21. The predicted molar refractivity (Wildman–Crippen MR) is 105 cm³/mol. The molecule has 0 aliphatic carbocycles. The molecular weight excluding hydrogens is 354 g/mol. The van der Waals surface area contributed by atoms with Gasteiger partial charge in [0.1, 0.15) is 6.23 Å². The summed E-state index contributed by atoms with van der Waals surface area (Å²) in [6, 6.07) is 10.0. The van der Waals surface area contributed by atoms with Crippen LogP contribution in [0, 0.1) is 0 Å². The molecule has 0 N–H and O–H groups in total. The number of ether oxygens (including phenoxy) is 1. The van der Waals surface area contributed by atoms with E-state index in [9.17, 15) is 0 Å². The summed E-state index contributed by atoms with van der Waals surface area (Å²) in [5, 5.41) is 4.95. The van der Waals surface area contributed by atoms with Crippen LogP contribution in [0.5, 0.6) is 0 Å². The van der Waals surface area contributed by atoms with Crippen LogP contribution in [0.4, 0.5) is 0 Å². The fraction of sp³-hybridized carbons (Fsp3) is 0.444. The molecule has 0 spiro atoms. The van der Waals surface area contributed by atoms with Crippen LogP contribution in [-0.2, 0) is 4.74 Å². The van der Waals surface area contributed by atoms with E-state index in [1.165, 1.54) is 23.9 Å². The number of imidazole rings is 1. The summed E-state index contributed by atoms with van der Waals surface area (Å²) in [6.07, 6.45) is 3.03. The third kappa shape index (κ3) is 4.22. The Morgan fingerprint density at radius 2 is 2.12 bits per heavy atom. The first-order valence-electron chi connectivity index (χ1n) is 8.42. The zero-order valence-corrected chi connectivity index (χ0v) is 16.4. The predicted octanol–water partition coefficient (Wildman–Crippen LogP) is 5.09. The molecule has 0 fully saturated rings. The molecule has 0 saturated heterocycles. The average molecular weight is 378 g/mol. The van der Waals surface area contributed by atoms with Gasteiger partial charge in [-0.2, -0.15) is 11.8 Å². The van der Waals surface area contributed by atoms with Crippen LogP contribution in [0.15, 0.2) is 39.9 Å². The Morgan fingerprint density at radius 1 is 1.28 bits per heavy atom. The second-order valence-corrected chi connectivity index (χ2v) is 7.65. The summed E-state index contributed by atoms with van der Waals surface area (Å²) < 4.78 is 13.5. The molecule has 134 valence electrons. The normalized spacial score (nSPS) is 12.8. The van der Waals surface area contributed by atoms with Crippen molar-refractivity contribution in [1.82, 2.24) is 14.7 Å². The first kappa shape index (κ1) is 18.4. The lowest BCUT2D eigenvalue weighted by molar-refractivity contribution is 0.0304. The number of para-hydroxylation sites is 2. The number of benzene rings is 1. The highest BCUT2D eigenvalue weighted by Gasteiger charge is 2.20. The molecule has 0 aliphatic heterocycles. The highest BCUT2D eigenvalue weighted by atomic mass is 32.2. The molecule has 3 aromatic rings. The fourth-order valence-corrected chi connectivity index (χ4v) is 3.70. The van der Waals surface area contributed by atoms with Crippen LogP contribution >= 0.6 is 23.5 Å². The van der Waals surface area contributed by atoms with Gasteiger partial charge in [0.25, 0.3) is 0 Å². The molecule has 1 aromatic carbocycles. The molecule has 0 amide bonds. The number of rotatable bonds is 9. The molecule has 2 aromatic heterocycles. The van der Waals surface area contributed by atoms with Crippen LogP contribution in [0.1, 0.15) is 26.5 Å². The highest BCUT2D eigenvalue weighted by Crippen LogP contribution is 2.30. The molecule has 1 unspecified atom stereocenters. The minimum absolute atomic E-state index is 0.126. The summed E-state index contributed by atoms with van der Waals surface area (Å²) in [6.45, 7) is 4.96. The molecule has 0 aliphatic rings. The van der Waals surface area contributed by atoms with Gasteiger partial charge in [-0.3, -0.25) is 4.57 Å². The smallest absolute Gasteiger partial charge is 0.193 e. The maximum Gasteiger partial charge on any atom is 0.193 e. The summed E-state index contributed by atoms with van der Waals surface area (Å²) in [5.74, 6) is 2.95. The van der Waals surface area contributed by atoms with Gasteiger partial charge in [-0.1, -0.05) is 36.0 Å². The monoisotopic (exact) mass is 377 g/mol. The number of fused-ring (bicyclic) bond motifs is 1. The van der Waals surface area contributed by atoms with E-state index in [1.807, 2.05) is 42.3 Å². The molecule has 2 heterocycles. The number of hydrogen-bond acceptors (Lipinski definition) is 6. The third-order valence-electron chi connectivity index (χ3n) is 3.81. The van der Waals surface area contributed by atoms with E-state index in [0.29, 0.717) is 6.61 Å². The van der Waals surface area contributed by atoms with Gasteiger partial charge >= 0.3 is 0 Å². The van der Waals surface area contributed by atoms with Crippen molar-refractivity contribution in [2.24, 2.45) is 0 Å². The van der Waals surface area contributed by atoms with Crippen molar-refractivity contribution >= 4 is 34.6 Å². The lowest BCUT2D eigenvalue weighted by Crippen LogP contribution is -2.12. The van der Waals surface area contributed by atoms with Crippen molar-refractivity contribution < 1.29 is 9.26 Å².